The summed E-state index contributed by atoms with van der Waals surface area (Å²) in [5.74, 6) is 0. The highest BCUT2D eigenvalue weighted by atomic mass is 32.2. The average molecular weight is 113 g/mol. The van der Waals surface area contributed by atoms with Gasteiger partial charge in [0.25, 0.3) is 0 Å². The molecular formula is C5H7NS. The van der Waals surface area contributed by atoms with Gasteiger partial charge in [0.2, 0.25) is 0 Å². The molecule has 0 aromatic heterocycles. The van der Waals surface area contributed by atoms with Crippen molar-refractivity contribution in [2.45, 2.75) is 0 Å². The number of hydrogen-bond donors (Lipinski definition) is 0. The van der Waals surface area contributed by atoms with Crippen molar-refractivity contribution in [3.8, 4) is 0 Å². The molecule has 7 heavy (non-hydrogen) atoms. The summed E-state index contributed by atoms with van der Waals surface area (Å²) in [6.45, 7) is 3.74. The highest BCUT2D eigenvalue weighted by Crippen LogP contribution is 2.24. The lowest BCUT2D eigenvalue weighted by Gasteiger charge is -2.01. The van der Waals surface area contributed by atoms with E-state index in [4.69, 9.17) is 0 Å². The van der Waals surface area contributed by atoms with Crippen molar-refractivity contribution < 1.29 is 0 Å². The van der Waals surface area contributed by atoms with Crippen LogP contribution in [-0.2, 0) is 0 Å². The van der Waals surface area contributed by atoms with E-state index in [0.717, 1.165) is 4.91 Å². The van der Waals surface area contributed by atoms with E-state index in [1.807, 2.05) is 23.6 Å². The van der Waals surface area contributed by atoms with Crippen LogP contribution >= 0.6 is 11.9 Å². The third kappa shape index (κ3) is 0.996. The van der Waals surface area contributed by atoms with Crippen LogP contribution < -0.4 is 0 Å². The van der Waals surface area contributed by atoms with Crippen molar-refractivity contribution in [1.29, 1.82) is 0 Å². The third-order valence-corrected chi connectivity index (χ3v) is 1.51. The molecule has 0 saturated heterocycles. The molecule has 1 rings (SSSR count). The van der Waals surface area contributed by atoms with Gasteiger partial charge in [-0.2, -0.15) is 0 Å². The average Bonchev–Trinajstić information content (AvgIpc) is 1.87. The Morgan fingerprint density at radius 3 is 2.71 bits per heavy atom. The molecule has 0 saturated carbocycles. The van der Waals surface area contributed by atoms with E-state index >= 15 is 0 Å². The molecule has 0 spiro atoms. The van der Waals surface area contributed by atoms with Crippen molar-refractivity contribution in [3.63, 3.8) is 0 Å². The number of allylic oxidation sites excluding steroid dienone is 1. The lowest BCUT2D eigenvalue weighted by molar-refractivity contribution is 0.789. The minimum atomic E-state index is 1.11. The molecule has 1 aliphatic rings. The lowest BCUT2D eigenvalue weighted by atomic mass is 10.6. The molecule has 1 heterocycles. The van der Waals surface area contributed by atoms with E-state index in [1.54, 1.807) is 11.9 Å². The van der Waals surface area contributed by atoms with Crippen LogP contribution in [0.1, 0.15) is 0 Å². The Morgan fingerprint density at radius 2 is 2.57 bits per heavy atom. The zero-order valence-electron chi connectivity index (χ0n) is 4.22. The molecule has 0 atom stereocenters. The van der Waals surface area contributed by atoms with E-state index in [9.17, 15) is 0 Å². The fraction of sp³-hybridized carbons (Fsp3) is 0.200. The van der Waals surface area contributed by atoms with E-state index in [1.165, 1.54) is 0 Å². The van der Waals surface area contributed by atoms with Crippen LogP contribution in [0.2, 0.25) is 0 Å². The van der Waals surface area contributed by atoms with Gasteiger partial charge in [0.15, 0.2) is 0 Å². The van der Waals surface area contributed by atoms with Gasteiger partial charge in [-0.05, 0) is 18.0 Å². The predicted molar refractivity (Wildman–Crippen MR) is 33.6 cm³/mol. The highest BCUT2D eigenvalue weighted by molar-refractivity contribution is 8.01. The summed E-state index contributed by atoms with van der Waals surface area (Å²) in [7, 11) is 2.00. The van der Waals surface area contributed by atoms with Gasteiger partial charge >= 0.3 is 0 Å². The van der Waals surface area contributed by atoms with Crippen molar-refractivity contribution in [1.82, 2.24) is 4.31 Å². The molecule has 0 radical (unpaired) electrons. The van der Waals surface area contributed by atoms with Gasteiger partial charge in [0.1, 0.15) is 0 Å². The zero-order valence-corrected chi connectivity index (χ0v) is 5.03. The van der Waals surface area contributed by atoms with E-state index in [0.29, 0.717) is 0 Å². The molecule has 1 nitrogen and oxygen atoms in total. The normalized spacial score (nSPS) is 19.0. The maximum atomic E-state index is 3.74. The monoisotopic (exact) mass is 113 g/mol. The van der Waals surface area contributed by atoms with Crippen molar-refractivity contribution >= 4 is 11.9 Å². The maximum absolute atomic E-state index is 3.74. The smallest absolute Gasteiger partial charge is 0.0229 e. The molecule has 0 aliphatic carbocycles. The second-order valence-corrected chi connectivity index (χ2v) is 2.70. The van der Waals surface area contributed by atoms with Gasteiger partial charge in [-0.15, -0.1) is 0 Å². The van der Waals surface area contributed by atoms with Gasteiger partial charge in [0.05, 0.1) is 0 Å². The molecule has 0 bridgehead atoms. The summed E-state index contributed by atoms with van der Waals surface area (Å²) in [6.07, 6.45) is 3.98. The minimum absolute atomic E-state index is 1.11. The molecule has 1 aliphatic heterocycles. The molecule has 0 amide bonds. The first-order valence-corrected chi connectivity index (χ1v) is 2.84. The summed E-state index contributed by atoms with van der Waals surface area (Å²) in [6, 6.07) is 0. The molecule has 0 aromatic carbocycles. The summed E-state index contributed by atoms with van der Waals surface area (Å²) in [5, 5.41) is 0. The van der Waals surface area contributed by atoms with Crippen LogP contribution in [-0.4, -0.2) is 11.4 Å². The Morgan fingerprint density at radius 1 is 1.86 bits per heavy atom. The molecular weight excluding hydrogens is 106 g/mol. The van der Waals surface area contributed by atoms with E-state index in [-0.39, 0.29) is 0 Å². The second-order valence-electron chi connectivity index (χ2n) is 1.42. The van der Waals surface area contributed by atoms with Crippen LogP contribution in [0.5, 0.6) is 0 Å². The number of nitrogens with zero attached hydrogens (tertiary/aromatic N) is 1. The zero-order chi connectivity index (χ0) is 5.28. The standard InChI is InChI=1S/C5H7NS/c1-5-3-4-6(2)7-5/h3-4H,1H2,2H3. The summed E-state index contributed by atoms with van der Waals surface area (Å²) in [5.41, 5.74) is 0. The second kappa shape index (κ2) is 1.62. The Labute approximate surface area is 47.8 Å². The van der Waals surface area contributed by atoms with Crippen molar-refractivity contribution in [2.75, 3.05) is 7.05 Å². The topological polar surface area (TPSA) is 3.24 Å². The van der Waals surface area contributed by atoms with Crippen LogP contribution in [0, 0.1) is 0 Å². The lowest BCUT2D eigenvalue weighted by Crippen LogP contribution is -1.90. The maximum Gasteiger partial charge on any atom is 0.0229 e. The quantitative estimate of drug-likeness (QED) is 0.439. The molecule has 38 valence electrons. The van der Waals surface area contributed by atoms with Crippen molar-refractivity contribution in [3.05, 3.63) is 23.8 Å². The van der Waals surface area contributed by atoms with Gasteiger partial charge < -0.3 is 4.31 Å². The minimum Gasteiger partial charge on any atom is -0.322 e. The first kappa shape index (κ1) is 4.78. The van der Waals surface area contributed by atoms with Crippen molar-refractivity contribution in [2.24, 2.45) is 0 Å². The fourth-order valence-electron chi connectivity index (χ4n) is 0.434. The van der Waals surface area contributed by atoms with Gasteiger partial charge in [-0.1, -0.05) is 6.58 Å². The van der Waals surface area contributed by atoms with Gasteiger partial charge in [-0.25, -0.2) is 0 Å². The summed E-state index contributed by atoms with van der Waals surface area (Å²) in [4.78, 5) is 1.11. The first-order valence-electron chi connectivity index (χ1n) is 2.07. The van der Waals surface area contributed by atoms with Crippen LogP contribution in [0.25, 0.3) is 0 Å². The third-order valence-electron chi connectivity index (χ3n) is 0.732. The van der Waals surface area contributed by atoms with Gasteiger partial charge in [-0.3, -0.25) is 0 Å². The molecule has 2 heteroatoms. The Balaban J connectivity index is 2.58. The summed E-state index contributed by atoms with van der Waals surface area (Å²) >= 11 is 1.65. The molecule has 0 fully saturated rings. The number of rotatable bonds is 0. The fourth-order valence-corrected chi connectivity index (χ4v) is 1.05. The SMILES string of the molecule is C=C1C=CN(C)S1. The van der Waals surface area contributed by atoms with Crippen LogP contribution in [0.3, 0.4) is 0 Å². The highest BCUT2D eigenvalue weighted by Gasteiger charge is 2.00. The van der Waals surface area contributed by atoms with Crippen LogP contribution in [0.4, 0.5) is 0 Å². The Hall–Kier alpha value is -0.370. The van der Waals surface area contributed by atoms with Gasteiger partial charge in [0, 0.05) is 18.2 Å². The molecule has 0 unspecified atom stereocenters. The largest absolute Gasteiger partial charge is 0.322 e. The summed E-state index contributed by atoms with van der Waals surface area (Å²) < 4.78 is 2.02. The first-order chi connectivity index (χ1) is 3.29. The van der Waals surface area contributed by atoms with Crippen LogP contribution in [0.15, 0.2) is 23.8 Å². The van der Waals surface area contributed by atoms with E-state index in [2.05, 4.69) is 6.58 Å². The Kier molecular flexibility index (Phi) is 1.11. The number of hydrogen-bond acceptors (Lipinski definition) is 2. The van der Waals surface area contributed by atoms with E-state index < -0.39 is 0 Å². The molecule has 0 N–H and O–H groups in total. The predicted octanol–water partition coefficient (Wildman–Crippen LogP) is 1.61. The molecule has 0 aromatic rings. The Bertz CT molecular complexity index is 117.